The van der Waals surface area contributed by atoms with Gasteiger partial charge in [-0.25, -0.2) is 0 Å². The number of hydrogen-bond acceptors (Lipinski definition) is 3. The molecule has 1 aromatic carbocycles. The highest BCUT2D eigenvalue weighted by Gasteiger charge is 2.18. The summed E-state index contributed by atoms with van der Waals surface area (Å²) in [4.78, 5) is 2.17. The van der Waals surface area contributed by atoms with Gasteiger partial charge in [-0.05, 0) is 23.5 Å². The summed E-state index contributed by atoms with van der Waals surface area (Å²) in [5.41, 5.74) is 2.98. The Morgan fingerprint density at radius 1 is 1.27 bits per heavy atom. The van der Waals surface area contributed by atoms with Crippen LogP contribution in [0.4, 0.5) is 5.69 Å². The summed E-state index contributed by atoms with van der Waals surface area (Å²) in [6, 6.07) is 5.56. The third kappa shape index (κ3) is 2.52. The molecule has 0 radical (unpaired) electrons. The lowest BCUT2D eigenvalue weighted by Crippen LogP contribution is -2.29. The second-order valence-corrected chi connectivity index (χ2v) is 3.43. The summed E-state index contributed by atoms with van der Waals surface area (Å²) in [5.74, 6) is 0. The zero-order valence-electron chi connectivity index (χ0n) is 9.57. The average Bonchev–Trinajstić information content (AvgIpc) is 2.63. The summed E-state index contributed by atoms with van der Waals surface area (Å²) >= 11 is 0. The maximum absolute atomic E-state index is 8.96. The lowest BCUT2D eigenvalue weighted by Gasteiger charge is -2.11. The summed E-state index contributed by atoms with van der Waals surface area (Å²) in [6.45, 7) is 5.01. The number of benzene rings is 1. The van der Waals surface area contributed by atoms with Gasteiger partial charge in [-0.3, -0.25) is 0 Å². The molecule has 0 aromatic heterocycles. The van der Waals surface area contributed by atoms with Crippen LogP contribution in [0.1, 0.15) is 19.4 Å². The minimum atomic E-state index is -1.35. The maximum Gasteiger partial charge on any atom is 0.488 e. The molecule has 0 fully saturated rings. The normalized spacial score (nSPS) is 13.0. The van der Waals surface area contributed by atoms with Gasteiger partial charge in [0.2, 0.25) is 0 Å². The fourth-order valence-electron chi connectivity index (χ4n) is 1.75. The molecule has 0 atom stereocenters. The van der Waals surface area contributed by atoms with E-state index in [1.54, 1.807) is 6.07 Å². The van der Waals surface area contributed by atoms with Gasteiger partial charge < -0.3 is 14.9 Å². The van der Waals surface area contributed by atoms with E-state index in [2.05, 4.69) is 4.90 Å². The third-order valence-corrected chi connectivity index (χ3v) is 2.53. The zero-order chi connectivity index (χ0) is 11.4. The molecule has 0 bridgehead atoms. The minimum absolute atomic E-state index is 0.578. The predicted octanol–water partition coefficient (Wildman–Crippen LogP) is 0.385. The Hall–Kier alpha value is -0.995. The SMILES string of the molecule is CC.CN1CCc2cc(B(O)O)ccc21. The van der Waals surface area contributed by atoms with E-state index in [-0.39, 0.29) is 0 Å². The Morgan fingerprint density at radius 3 is 2.53 bits per heavy atom. The van der Waals surface area contributed by atoms with Gasteiger partial charge in [0.15, 0.2) is 0 Å². The molecule has 4 heteroatoms. The first kappa shape index (κ1) is 12.1. The van der Waals surface area contributed by atoms with Crippen LogP contribution in [0.5, 0.6) is 0 Å². The second-order valence-electron chi connectivity index (χ2n) is 3.43. The van der Waals surface area contributed by atoms with E-state index in [1.807, 2.05) is 33.0 Å². The van der Waals surface area contributed by atoms with Gasteiger partial charge in [0.05, 0.1) is 0 Å². The van der Waals surface area contributed by atoms with Crippen LogP contribution >= 0.6 is 0 Å². The van der Waals surface area contributed by atoms with E-state index in [9.17, 15) is 0 Å². The smallest absolute Gasteiger partial charge is 0.423 e. The molecule has 1 aromatic rings. The summed E-state index contributed by atoms with van der Waals surface area (Å²) < 4.78 is 0. The number of nitrogens with zero attached hydrogens (tertiary/aromatic N) is 1. The van der Waals surface area contributed by atoms with Crippen LogP contribution in [0.15, 0.2) is 18.2 Å². The molecule has 2 rings (SSSR count). The van der Waals surface area contributed by atoms with Crippen molar-refractivity contribution in [1.82, 2.24) is 0 Å². The van der Waals surface area contributed by atoms with Crippen molar-refractivity contribution in [3.8, 4) is 0 Å². The first-order valence-electron chi connectivity index (χ1n) is 5.38. The number of hydrogen-bond donors (Lipinski definition) is 2. The number of fused-ring (bicyclic) bond motifs is 1. The van der Waals surface area contributed by atoms with E-state index in [0.29, 0.717) is 5.46 Å². The van der Waals surface area contributed by atoms with Crippen LogP contribution in [-0.4, -0.2) is 30.8 Å². The van der Waals surface area contributed by atoms with Gasteiger partial charge in [0.25, 0.3) is 0 Å². The van der Waals surface area contributed by atoms with Crippen molar-refractivity contribution in [3.63, 3.8) is 0 Å². The molecular weight excluding hydrogens is 189 g/mol. The van der Waals surface area contributed by atoms with Gasteiger partial charge in [0.1, 0.15) is 0 Å². The van der Waals surface area contributed by atoms with Crippen LogP contribution in [0.3, 0.4) is 0 Å². The van der Waals surface area contributed by atoms with E-state index in [1.165, 1.54) is 11.3 Å². The molecule has 15 heavy (non-hydrogen) atoms. The van der Waals surface area contributed by atoms with Gasteiger partial charge >= 0.3 is 7.12 Å². The molecule has 1 aliphatic rings. The fourth-order valence-corrected chi connectivity index (χ4v) is 1.75. The van der Waals surface area contributed by atoms with E-state index in [0.717, 1.165) is 13.0 Å². The quantitative estimate of drug-likeness (QED) is 0.654. The van der Waals surface area contributed by atoms with Gasteiger partial charge in [-0.15, -0.1) is 0 Å². The van der Waals surface area contributed by atoms with Crippen molar-refractivity contribution in [1.29, 1.82) is 0 Å². The van der Waals surface area contributed by atoms with Crippen molar-refractivity contribution in [2.24, 2.45) is 0 Å². The molecule has 0 saturated heterocycles. The third-order valence-electron chi connectivity index (χ3n) is 2.53. The summed E-state index contributed by atoms with van der Waals surface area (Å²) in [5, 5.41) is 17.9. The summed E-state index contributed by atoms with van der Waals surface area (Å²) in [7, 11) is 0.692. The molecule has 0 amide bonds. The highest BCUT2D eigenvalue weighted by molar-refractivity contribution is 6.58. The van der Waals surface area contributed by atoms with Crippen molar-refractivity contribution < 1.29 is 10.0 Å². The van der Waals surface area contributed by atoms with Crippen molar-refractivity contribution in [2.45, 2.75) is 20.3 Å². The van der Waals surface area contributed by atoms with E-state index < -0.39 is 7.12 Å². The topological polar surface area (TPSA) is 43.7 Å². The van der Waals surface area contributed by atoms with Crippen LogP contribution in [-0.2, 0) is 6.42 Å². The molecule has 82 valence electrons. The highest BCUT2D eigenvalue weighted by atomic mass is 16.4. The largest absolute Gasteiger partial charge is 0.488 e. The summed E-state index contributed by atoms with van der Waals surface area (Å²) in [6.07, 6.45) is 0.992. The molecule has 1 aliphatic heterocycles. The van der Waals surface area contributed by atoms with Crippen LogP contribution in [0.25, 0.3) is 0 Å². The highest BCUT2D eigenvalue weighted by Crippen LogP contribution is 2.24. The van der Waals surface area contributed by atoms with Crippen molar-refractivity contribution >= 4 is 18.3 Å². The Kier molecular flexibility index (Phi) is 4.18. The number of rotatable bonds is 1. The van der Waals surface area contributed by atoms with Crippen LogP contribution in [0, 0.1) is 0 Å². The molecule has 0 saturated carbocycles. The standard InChI is InChI=1S/C9H12BNO2.C2H6/c1-11-5-4-7-6-8(10(12)13)2-3-9(7)11;1-2/h2-3,6,12-13H,4-5H2,1H3;1-2H3. The minimum Gasteiger partial charge on any atom is -0.423 e. The molecule has 2 N–H and O–H groups in total. The van der Waals surface area contributed by atoms with Gasteiger partial charge in [-0.2, -0.15) is 0 Å². The Morgan fingerprint density at radius 2 is 1.93 bits per heavy atom. The molecule has 0 spiro atoms. The Bertz CT molecular complexity index is 328. The van der Waals surface area contributed by atoms with Gasteiger partial charge in [-0.1, -0.05) is 26.0 Å². The van der Waals surface area contributed by atoms with Crippen molar-refractivity contribution in [2.75, 3.05) is 18.5 Å². The first-order valence-corrected chi connectivity index (χ1v) is 5.38. The number of likely N-dealkylation sites (N-methyl/N-ethyl adjacent to an activating group) is 1. The lowest BCUT2D eigenvalue weighted by atomic mass is 9.79. The Labute approximate surface area is 91.5 Å². The van der Waals surface area contributed by atoms with Gasteiger partial charge in [0, 0.05) is 19.3 Å². The zero-order valence-corrected chi connectivity index (χ0v) is 9.57. The second kappa shape index (κ2) is 5.19. The van der Waals surface area contributed by atoms with E-state index in [4.69, 9.17) is 10.0 Å². The fraction of sp³-hybridized carbons (Fsp3) is 0.455. The molecule has 0 aliphatic carbocycles. The predicted molar refractivity (Wildman–Crippen MR) is 64.6 cm³/mol. The maximum atomic E-state index is 8.96. The average molecular weight is 207 g/mol. The molecular formula is C11H18BNO2. The molecule has 0 unspecified atom stereocenters. The van der Waals surface area contributed by atoms with E-state index >= 15 is 0 Å². The lowest BCUT2D eigenvalue weighted by molar-refractivity contribution is 0.426. The monoisotopic (exact) mass is 207 g/mol. The molecule has 3 nitrogen and oxygen atoms in total. The van der Waals surface area contributed by atoms with Crippen LogP contribution in [0.2, 0.25) is 0 Å². The Balaban J connectivity index is 0.000000531. The number of anilines is 1. The first-order chi connectivity index (χ1) is 7.18. The van der Waals surface area contributed by atoms with Crippen LogP contribution < -0.4 is 10.4 Å². The molecule has 1 heterocycles. The van der Waals surface area contributed by atoms with Crippen molar-refractivity contribution in [3.05, 3.63) is 23.8 Å².